The summed E-state index contributed by atoms with van der Waals surface area (Å²) in [4.78, 5) is 0. The molecule has 0 spiro atoms. The van der Waals surface area contributed by atoms with Crippen LogP contribution in [-0.2, 0) is 12.8 Å². The first-order chi connectivity index (χ1) is 12.0. The quantitative estimate of drug-likeness (QED) is 0.398. The van der Waals surface area contributed by atoms with Crippen LogP contribution in [0.2, 0.25) is 0 Å². The van der Waals surface area contributed by atoms with Crippen LogP contribution in [0.4, 0.5) is 0 Å². The molecule has 0 atom stereocenters. The summed E-state index contributed by atoms with van der Waals surface area (Å²) in [5, 5.41) is 9.86. The first kappa shape index (κ1) is 18.8. The van der Waals surface area contributed by atoms with Gasteiger partial charge in [0.05, 0.1) is 0 Å². The lowest BCUT2D eigenvalue weighted by Crippen LogP contribution is -1.97. The second kappa shape index (κ2) is 8.14. The van der Waals surface area contributed by atoms with Crippen molar-refractivity contribution >= 4 is 0 Å². The molecule has 1 nitrogen and oxygen atoms in total. The van der Waals surface area contributed by atoms with E-state index in [-0.39, 0.29) is 0 Å². The summed E-state index contributed by atoms with van der Waals surface area (Å²) in [5.41, 5.74) is 4.28. The van der Waals surface area contributed by atoms with Gasteiger partial charge >= 0.3 is 0 Å². The molecule has 0 bridgehead atoms. The zero-order chi connectivity index (χ0) is 17.8. The van der Waals surface area contributed by atoms with Crippen LogP contribution in [0.1, 0.15) is 102 Å². The van der Waals surface area contributed by atoms with Crippen molar-refractivity contribution in [1.82, 2.24) is 0 Å². The van der Waals surface area contributed by atoms with Gasteiger partial charge in [-0.25, -0.2) is 0 Å². The normalized spacial score (nSPS) is 19.8. The predicted octanol–water partition coefficient (Wildman–Crippen LogP) is 7.20. The maximum absolute atomic E-state index is 9.86. The Morgan fingerprint density at radius 3 is 1.76 bits per heavy atom. The number of aryl methyl sites for hydroxylation is 2. The van der Waals surface area contributed by atoms with E-state index in [4.69, 9.17) is 0 Å². The van der Waals surface area contributed by atoms with Gasteiger partial charge in [0, 0.05) is 0 Å². The minimum absolute atomic E-state index is 0.436. The third kappa shape index (κ3) is 6.35. The van der Waals surface area contributed by atoms with E-state index in [9.17, 15) is 5.11 Å². The molecule has 1 heteroatoms. The molecule has 0 radical (unpaired) electrons. The summed E-state index contributed by atoms with van der Waals surface area (Å²) in [6.45, 7) is 4.87. The highest BCUT2D eigenvalue weighted by atomic mass is 16.3. The van der Waals surface area contributed by atoms with E-state index < -0.39 is 0 Å². The molecular weight excluding hydrogens is 304 g/mol. The predicted molar refractivity (Wildman–Crippen MR) is 107 cm³/mol. The summed E-state index contributed by atoms with van der Waals surface area (Å²) in [6, 6.07) is 6.05. The summed E-state index contributed by atoms with van der Waals surface area (Å²) < 4.78 is 0. The van der Waals surface area contributed by atoms with Gasteiger partial charge in [-0.15, -0.1) is 0 Å². The van der Waals surface area contributed by atoms with Gasteiger partial charge in [0.2, 0.25) is 0 Å². The number of hydrogen-bond donors (Lipinski definition) is 1. The topological polar surface area (TPSA) is 20.2 Å². The van der Waals surface area contributed by atoms with Crippen LogP contribution in [0, 0.1) is 10.8 Å². The molecule has 2 fully saturated rings. The molecule has 1 N–H and O–H groups in total. The maximum atomic E-state index is 9.86. The standard InChI is InChI=1S/C24H38O/c1-23(15-16-23)13-7-3-5-9-20-11-12-22(25)19-21(20)10-6-4-8-14-24(2)17-18-24/h11-12,19,25H,3-10,13-18H2,1-2H3. The summed E-state index contributed by atoms with van der Waals surface area (Å²) >= 11 is 0. The number of phenols is 1. The van der Waals surface area contributed by atoms with Gasteiger partial charge in [0.1, 0.15) is 5.75 Å². The summed E-state index contributed by atoms with van der Waals surface area (Å²) in [7, 11) is 0. The number of phenolic OH excluding ortho intramolecular Hbond substituents is 1. The Kier molecular flexibility index (Phi) is 6.12. The summed E-state index contributed by atoms with van der Waals surface area (Å²) in [5.74, 6) is 0.436. The molecule has 2 aliphatic rings. The Bertz CT molecular complexity index is 551. The van der Waals surface area contributed by atoms with Crippen LogP contribution in [0.25, 0.3) is 0 Å². The van der Waals surface area contributed by atoms with Crippen molar-refractivity contribution in [3.05, 3.63) is 29.3 Å². The number of unbranched alkanes of at least 4 members (excludes halogenated alkanes) is 4. The van der Waals surface area contributed by atoms with Gasteiger partial charge in [-0.2, -0.15) is 0 Å². The van der Waals surface area contributed by atoms with E-state index in [1.54, 1.807) is 0 Å². The molecule has 2 aliphatic carbocycles. The molecule has 0 amide bonds. The second-order valence-corrected chi connectivity index (χ2v) is 9.70. The molecule has 0 aromatic heterocycles. The largest absolute Gasteiger partial charge is 0.508 e. The molecule has 3 rings (SSSR count). The van der Waals surface area contributed by atoms with Gasteiger partial charge < -0.3 is 5.11 Å². The molecule has 1 aromatic rings. The van der Waals surface area contributed by atoms with Crippen molar-refractivity contribution in [3.8, 4) is 5.75 Å². The maximum Gasteiger partial charge on any atom is 0.115 e. The molecular formula is C24H38O. The van der Waals surface area contributed by atoms with Gasteiger partial charge in [-0.3, -0.25) is 0 Å². The molecule has 140 valence electrons. The Hall–Kier alpha value is -0.980. The van der Waals surface area contributed by atoms with Crippen LogP contribution in [0.5, 0.6) is 5.75 Å². The minimum atomic E-state index is 0.436. The smallest absolute Gasteiger partial charge is 0.115 e. The molecule has 0 unspecified atom stereocenters. The van der Waals surface area contributed by atoms with Crippen molar-refractivity contribution < 1.29 is 5.11 Å². The van der Waals surface area contributed by atoms with E-state index in [2.05, 4.69) is 19.9 Å². The highest BCUT2D eigenvalue weighted by molar-refractivity contribution is 5.35. The van der Waals surface area contributed by atoms with Gasteiger partial charge in [0.25, 0.3) is 0 Å². The van der Waals surface area contributed by atoms with Gasteiger partial charge in [-0.1, -0.05) is 45.6 Å². The van der Waals surface area contributed by atoms with Crippen molar-refractivity contribution in [2.24, 2.45) is 10.8 Å². The van der Waals surface area contributed by atoms with Crippen LogP contribution >= 0.6 is 0 Å². The SMILES string of the molecule is CC1(CCCCCc2ccc(O)cc2CCCCCC2(C)CC2)CC1. The van der Waals surface area contributed by atoms with E-state index in [1.807, 2.05) is 12.1 Å². The Labute approximate surface area is 155 Å². The Morgan fingerprint density at radius 1 is 0.720 bits per heavy atom. The number of hydrogen-bond acceptors (Lipinski definition) is 1. The average Bonchev–Trinajstić information content (AvgIpc) is 3.49. The lowest BCUT2D eigenvalue weighted by atomic mass is 9.94. The Morgan fingerprint density at radius 2 is 1.24 bits per heavy atom. The van der Waals surface area contributed by atoms with Crippen LogP contribution in [0.3, 0.4) is 0 Å². The van der Waals surface area contributed by atoms with E-state index in [1.165, 1.54) is 94.6 Å². The van der Waals surface area contributed by atoms with Crippen molar-refractivity contribution in [3.63, 3.8) is 0 Å². The molecule has 0 aliphatic heterocycles. The second-order valence-electron chi connectivity index (χ2n) is 9.70. The molecule has 1 aromatic carbocycles. The third-order valence-corrected chi connectivity index (χ3v) is 6.85. The number of benzene rings is 1. The van der Waals surface area contributed by atoms with Crippen molar-refractivity contribution in [2.45, 2.75) is 104 Å². The fourth-order valence-electron chi connectivity index (χ4n) is 4.10. The third-order valence-electron chi connectivity index (χ3n) is 6.85. The lowest BCUT2D eigenvalue weighted by Gasteiger charge is -2.12. The molecule has 25 heavy (non-hydrogen) atoms. The Balaban J connectivity index is 1.36. The van der Waals surface area contributed by atoms with Crippen LogP contribution < -0.4 is 0 Å². The fraction of sp³-hybridized carbons (Fsp3) is 0.750. The van der Waals surface area contributed by atoms with Crippen molar-refractivity contribution in [1.29, 1.82) is 0 Å². The molecule has 0 saturated heterocycles. The van der Waals surface area contributed by atoms with Gasteiger partial charge in [0.15, 0.2) is 0 Å². The lowest BCUT2D eigenvalue weighted by molar-refractivity contribution is 0.469. The van der Waals surface area contributed by atoms with Gasteiger partial charge in [-0.05, 0) is 98.3 Å². The zero-order valence-electron chi connectivity index (χ0n) is 16.6. The average molecular weight is 343 g/mol. The summed E-state index contributed by atoms with van der Waals surface area (Å²) in [6.07, 6.45) is 19.0. The zero-order valence-corrected chi connectivity index (χ0v) is 16.6. The van der Waals surface area contributed by atoms with Crippen LogP contribution in [-0.4, -0.2) is 5.11 Å². The van der Waals surface area contributed by atoms with Crippen LogP contribution in [0.15, 0.2) is 18.2 Å². The molecule has 2 saturated carbocycles. The fourth-order valence-corrected chi connectivity index (χ4v) is 4.10. The highest BCUT2D eigenvalue weighted by Crippen LogP contribution is 2.49. The highest BCUT2D eigenvalue weighted by Gasteiger charge is 2.36. The first-order valence-corrected chi connectivity index (χ1v) is 10.8. The molecule has 0 heterocycles. The van der Waals surface area contributed by atoms with Crippen molar-refractivity contribution in [2.75, 3.05) is 0 Å². The van der Waals surface area contributed by atoms with E-state index >= 15 is 0 Å². The van der Waals surface area contributed by atoms with E-state index in [0.717, 1.165) is 6.42 Å². The monoisotopic (exact) mass is 342 g/mol. The first-order valence-electron chi connectivity index (χ1n) is 10.8. The number of aromatic hydroxyl groups is 1. The van der Waals surface area contributed by atoms with E-state index in [0.29, 0.717) is 16.6 Å². The minimum Gasteiger partial charge on any atom is -0.508 e. The number of rotatable bonds is 12.